The normalized spacial score (nSPS) is 9.93. The molecule has 0 aliphatic carbocycles. The molecular weight excluding hydrogens is 369 g/mol. The van der Waals surface area contributed by atoms with Gasteiger partial charge in [0.1, 0.15) is 5.82 Å². The minimum atomic E-state index is -1.02. The second-order valence-corrected chi connectivity index (χ2v) is 5.49. The van der Waals surface area contributed by atoms with E-state index in [1.54, 1.807) is 6.92 Å². The van der Waals surface area contributed by atoms with Crippen molar-refractivity contribution in [3.63, 3.8) is 0 Å². The molecule has 0 aliphatic rings. The van der Waals surface area contributed by atoms with Gasteiger partial charge in [0.2, 0.25) is 5.91 Å². The molecule has 2 rings (SSSR count). The lowest BCUT2D eigenvalue weighted by Crippen LogP contribution is -2.39. The lowest BCUT2D eigenvalue weighted by atomic mass is 10.2. The zero-order valence-electron chi connectivity index (χ0n) is 15.0. The van der Waals surface area contributed by atoms with Crippen molar-refractivity contribution in [1.82, 2.24) is 5.32 Å². The maximum Gasteiger partial charge on any atom is 0.338 e. The van der Waals surface area contributed by atoms with E-state index in [0.29, 0.717) is 11.3 Å². The Morgan fingerprint density at radius 2 is 1.43 bits per heavy atom. The van der Waals surface area contributed by atoms with Crippen molar-refractivity contribution in [2.45, 2.75) is 6.92 Å². The predicted octanol–water partition coefficient (Wildman–Crippen LogP) is 1.70. The van der Waals surface area contributed by atoms with Crippen LogP contribution >= 0.6 is 0 Å². The van der Waals surface area contributed by atoms with Crippen LogP contribution in [0.4, 0.5) is 15.8 Å². The Balaban J connectivity index is 1.79. The molecule has 0 heterocycles. The molecule has 2 aromatic rings. The molecule has 0 radical (unpaired) electrons. The van der Waals surface area contributed by atoms with Gasteiger partial charge in [-0.15, -0.1) is 0 Å². The molecule has 3 N–H and O–H groups in total. The summed E-state index contributed by atoms with van der Waals surface area (Å²) >= 11 is 0. The van der Waals surface area contributed by atoms with Crippen LogP contribution in [0, 0.1) is 5.82 Å². The molecule has 0 atom stereocenters. The van der Waals surface area contributed by atoms with E-state index in [1.807, 2.05) is 0 Å². The summed E-state index contributed by atoms with van der Waals surface area (Å²) in [5.74, 6) is -3.52. The van der Waals surface area contributed by atoms with Gasteiger partial charge in [-0.3, -0.25) is 14.4 Å². The first-order valence-corrected chi connectivity index (χ1v) is 8.31. The SMILES string of the molecule is CCOC(=O)c1ccc(NC(=O)CNC(=O)C(=O)Nc2ccc(F)cc2)cc1. The Hall–Kier alpha value is -3.75. The van der Waals surface area contributed by atoms with Crippen LogP contribution < -0.4 is 16.0 Å². The molecule has 8 nitrogen and oxygen atoms in total. The highest BCUT2D eigenvalue weighted by atomic mass is 19.1. The van der Waals surface area contributed by atoms with Gasteiger partial charge in [0.15, 0.2) is 0 Å². The summed E-state index contributed by atoms with van der Waals surface area (Å²) in [5.41, 5.74) is 0.987. The molecule has 0 saturated heterocycles. The highest BCUT2D eigenvalue weighted by Crippen LogP contribution is 2.10. The van der Waals surface area contributed by atoms with E-state index in [0.717, 1.165) is 12.1 Å². The zero-order valence-corrected chi connectivity index (χ0v) is 15.0. The van der Waals surface area contributed by atoms with Gasteiger partial charge in [0.05, 0.1) is 18.7 Å². The largest absolute Gasteiger partial charge is 0.462 e. The molecule has 2 aromatic carbocycles. The monoisotopic (exact) mass is 387 g/mol. The summed E-state index contributed by atoms with van der Waals surface area (Å²) < 4.78 is 17.7. The van der Waals surface area contributed by atoms with Gasteiger partial charge in [-0.2, -0.15) is 0 Å². The van der Waals surface area contributed by atoms with Crippen molar-refractivity contribution >= 4 is 35.1 Å². The average molecular weight is 387 g/mol. The van der Waals surface area contributed by atoms with Crippen LogP contribution in [0.3, 0.4) is 0 Å². The number of ether oxygens (including phenoxy) is 1. The Kier molecular flexibility index (Phi) is 7.21. The number of nitrogens with one attached hydrogen (secondary N) is 3. The summed E-state index contributed by atoms with van der Waals surface area (Å²) in [7, 11) is 0. The van der Waals surface area contributed by atoms with Crippen molar-refractivity contribution in [1.29, 1.82) is 0 Å². The van der Waals surface area contributed by atoms with Crippen LogP contribution in [-0.2, 0) is 19.1 Å². The molecule has 28 heavy (non-hydrogen) atoms. The quantitative estimate of drug-likeness (QED) is 0.516. The number of carbonyl (C=O) groups is 4. The first-order chi connectivity index (χ1) is 13.4. The van der Waals surface area contributed by atoms with Crippen molar-refractivity contribution in [3.8, 4) is 0 Å². The summed E-state index contributed by atoms with van der Waals surface area (Å²) in [4.78, 5) is 46.9. The number of rotatable bonds is 6. The van der Waals surface area contributed by atoms with Crippen molar-refractivity contribution in [3.05, 3.63) is 59.9 Å². The van der Waals surface area contributed by atoms with Gasteiger partial charge in [-0.1, -0.05) is 0 Å². The molecule has 0 aromatic heterocycles. The second kappa shape index (κ2) is 9.81. The fourth-order valence-corrected chi connectivity index (χ4v) is 2.07. The van der Waals surface area contributed by atoms with Gasteiger partial charge in [0.25, 0.3) is 0 Å². The van der Waals surface area contributed by atoms with Crippen molar-refractivity contribution in [2.75, 3.05) is 23.8 Å². The number of anilines is 2. The fraction of sp³-hybridized carbons (Fsp3) is 0.158. The van der Waals surface area contributed by atoms with E-state index in [-0.39, 0.29) is 12.3 Å². The number of amides is 3. The highest BCUT2D eigenvalue weighted by molar-refractivity contribution is 6.39. The predicted molar refractivity (Wildman–Crippen MR) is 99.1 cm³/mol. The molecule has 0 bridgehead atoms. The maximum absolute atomic E-state index is 12.8. The standard InChI is InChI=1S/C19H18FN3O5/c1-2-28-19(27)12-3-7-14(8-4-12)22-16(24)11-21-17(25)18(26)23-15-9-5-13(20)6-10-15/h3-10H,2,11H2,1H3,(H,21,25)(H,22,24)(H,23,26). The third-order valence-corrected chi connectivity index (χ3v) is 3.40. The first-order valence-electron chi connectivity index (χ1n) is 8.31. The van der Waals surface area contributed by atoms with Crippen LogP contribution in [0.5, 0.6) is 0 Å². The molecule has 0 fully saturated rings. The smallest absolute Gasteiger partial charge is 0.338 e. The molecule has 146 valence electrons. The lowest BCUT2D eigenvalue weighted by Gasteiger charge is -2.08. The van der Waals surface area contributed by atoms with Crippen LogP contribution in [0.15, 0.2) is 48.5 Å². The Labute approximate surface area is 160 Å². The average Bonchev–Trinajstić information content (AvgIpc) is 2.68. The molecule has 0 saturated carbocycles. The third kappa shape index (κ3) is 6.20. The summed E-state index contributed by atoms with van der Waals surface area (Å²) in [5, 5.41) is 6.96. The number of carbonyl (C=O) groups excluding carboxylic acids is 4. The number of hydrogen-bond donors (Lipinski definition) is 3. The summed E-state index contributed by atoms with van der Waals surface area (Å²) in [6.45, 7) is 1.52. The molecule has 3 amide bonds. The minimum Gasteiger partial charge on any atom is -0.462 e. The Morgan fingerprint density at radius 3 is 2.04 bits per heavy atom. The van der Waals surface area contributed by atoms with Gasteiger partial charge in [-0.25, -0.2) is 9.18 Å². The molecule has 9 heteroatoms. The topological polar surface area (TPSA) is 114 Å². The lowest BCUT2D eigenvalue weighted by molar-refractivity contribution is -0.136. The van der Waals surface area contributed by atoms with Crippen LogP contribution in [-0.4, -0.2) is 36.8 Å². The number of esters is 1. The highest BCUT2D eigenvalue weighted by Gasteiger charge is 2.15. The van der Waals surface area contributed by atoms with Crippen molar-refractivity contribution in [2.24, 2.45) is 0 Å². The number of hydrogen-bond acceptors (Lipinski definition) is 5. The molecule has 0 spiro atoms. The maximum atomic E-state index is 12.8. The van der Waals surface area contributed by atoms with Gasteiger partial charge >= 0.3 is 17.8 Å². The van der Waals surface area contributed by atoms with E-state index >= 15 is 0 Å². The van der Waals surface area contributed by atoms with E-state index in [1.165, 1.54) is 36.4 Å². The van der Waals surface area contributed by atoms with Gasteiger partial charge in [0, 0.05) is 11.4 Å². The second-order valence-electron chi connectivity index (χ2n) is 5.49. The van der Waals surface area contributed by atoms with Crippen LogP contribution in [0.25, 0.3) is 0 Å². The van der Waals surface area contributed by atoms with Gasteiger partial charge < -0.3 is 20.7 Å². The zero-order chi connectivity index (χ0) is 20.5. The number of halogens is 1. The van der Waals surface area contributed by atoms with E-state index < -0.39 is 36.1 Å². The van der Waals surface area contributed by atoms with Crippen molar-refractivity contribution < 1.29 is 28.3 Å². The van der Waals surface area contributed by atoms with E-state index in [2.05, 4.69) is 16.0 Å². The van der Waals surface area contributed by atoms with Crippen LogP contribution in [0.1, 0.15) is 17.3 Å². The third-order valence-electron chi connectivity index (χ3n) is 3.40. The number of benzene rings is 2. The Bertz CT molecular complexity index is 866. The fourth-order valence-electron chi connectivity index (χ4n) is 2.07. The summed E-state index contributed by atoms with van der Waals surface area (Å²) in [6.07, 6.45) is 0. The van der Waals surface area contributed by atoms with E-state index in [9.17, 15) is 23.6 Å². The molecular formula is C19H18FN3O5. The summed E-state index contributed by atoms with van der Waals surface area (Å²) in [6, 6.07) is 10.9. The Morgan fingerprint density at radius 1 is 0.857 bits per heavy atom. The molecule has 0 unspecified atom stereocenters. The van der Waals surface area contributed by atoms with E-state index in [4.69, 9.17) is 4.74 Å². The van der Waals surface area contributed by atoms with Crippen LogP contribution in [0.2, 0.25) is 0 Å². The molecule has 0 aliphatic heterocycles. The first kappa shape index (κ1) is 20.6. The van der Waals surface area contributed by atoms with Gasteiger partial charge in [-0.05, 0) is 55.5 Å². The minimum absolute atomic E-state index is 0.243.